The van der Waals surface area contributed by atoms with Gasteiger partial charge in [0, 0.05) is 50.5 Å². The van der Waals surface area contributed by atoms with Crippen molar-refractivity contribution in [3.05, 3.63) is 218 Å². The number of rotatable bonds is 6. The first kappa shape index (κ1) is 34.9. The van der Waals surface area contributed by atoms with Gasteiger partial charge in [-0.2, -0.15) is 0 Å². The van der Waals surface area contributed by atoms with Gasteiger partial charge in [0.1, 0.15) is 0 Å². The molecule has 0 radical (unpaired) electrons. The molecule has 0 aliphatic carbocycles. The second kappa shape index (κ2) is 14.0. The zero-order valence-corrected chi connectivity index (χ0v) is 33.5. The van der Waals surface area contributed by atoms with Crippen LogP contribution in [0, 0.1) is 6.92 Å². The largest absolute Gasteiger partial charge is 0.310 e. The van der Waals surface area contributed by atoms with Gasteiger partial charge >= 0.3 is 0 Å². The van der Waals surface area contributed by atoms with Crippen molar-refractivity contribution in [2.24, 2.45) is 0 Å². The third kappa shape index (κ3) is 5.68. The lowest BCUT2D eigenvalue weighted by atomic mass is 9.96. The van der Waals surface area contributed by atoms with Gasteiger partial charge < -0.3 is 9.80 Å². The number of para-hydroxylation sites is 2. The molecule has 0 saturated heterocycles. The lowest BCUT2D eigenvalue weighted by Gasteiger charge is -2.28. The van der Waals surface area contributed by atoms with Crippen molar-refractivity contribution in [1.82, 2.24) is 9.97 Å². The Morgan fingerprint density at radius 1 is 0.311 bits per heavy atom. The number of hydrogen-bond donors (Lipinski definition) is 0. The molecular formula is C57H38N4. The topological polar surface area (TPSA) is 32.3 Å². The summed E-state index contributed by atoms with van der Waals surface area (Å²) in [5.74, 6) is 0. The number of aromatic nitrogens is 2. The van der Waals surface area contributed by atoms with Crippen molar-refractivity contribution >= 4 is 110 Å². The van der Waals surface area contributed by atoms with E-state index in [1.54, 1.807) is 0 Å². The Labute approximate surface area is 353 Å². The van der Waals surface area contributed by atoms with Gasteiger partial charge in [-0.3, -0.25) is 4.98 Å². The highest BCUT2D eigenvalue weighted by atomic mass is 15.1. The maximum absolute atomic E-state index is 5.26. The molecule has 0 bridgehead atoms. The van der Waals surface area contributed by atoms with Crippen LogP contribution in [-0.4, -0.2) is 9.97 Å². The standard InChI is InChI=1S/C57H38N4/c1-37-36-58-56-52-34-42(60(40-18-4-2-5-19-40)54-32-38-16-8-10-22-44(38)46-24-12-14-26-50(46)54)28-30-48(52)49-31-29-43(35-53(49)57(56)59-37)61(41-20-6-3-7-21-41)55-33-39-17-9-11-23-45(39)47-25-13-15-27-51(47)55/h2-36H,1H3. The normalized spacial score (nSPS) is 11.7. The van der Waals surface area contributed by atoms with Crippen molar-refractivity contribution in [1.29, 1.82) is 0 Å². The SMILES string of the molecule is Cc1cnc2c3cc(N(c4ccccc4)c4cc5ccccc5c5ccccc45)ccc3c3ccc(N(c4ccccc4)c4cc5ccccc5c5ccccc45)cc3c2n1. The van der Waals surface area contributed by atoms with Crippen LogP contribution in [0.5, 0.6) is 0 Å². The van der Waals surface area contributed by atoms with Gasteiger partial charge in [0.05, 0.1) is 28.1 Å². The molecule has 0 N–H and O–H groups in total. The highest BCUT2D eigenvalue weighted by molar-refractivity contribution is 6.25. The monoisotopic (exact) mass is 778 g/mol. The van der Waals surface area contributed by atoms with Gasteiger partial charge in [-0.1, -0.05) is 146 Å². The first-order valence-corrected chi connectivity index (χ1v) is 20.8. The highest BCUT2D eigenvalue weighted by Gasteiger charge is 2.22. The summed E-state index contributed by atoms with van der Waals surface area (Å²) in [5, 5.41) is 14.1. The third-order valence-corrected chi connectivity index (χ3v) is 12.2. The molecule has 0 amide bonds. The summed E-state index contributed by atoms with van der Waals surface area (Å²) in [6.45, 7) is 2.03. The van der Waals surface area contributed by atoms with Crippen LogP contribution in [0.15, 0.2) is 212 Å². The maximum Gasteiger partial charge on any atom is 0.0975 e. The molecule has 12 aromatic rings. The second-order valence-corrected chi connectivity index (χ2v) is 15.8. The smallest absolute Gasteiger partial charge is 0.0975 e. The number of nitrogens with zero attached hydrogens (tertiary/aromatic N) is 4. The molecule has 0 aliphatic heterocycles. The summed E-state index contributed by atoms with van der Waals surface area (Å²) in [6, 6.07) is 74.6. The molecule has 1 heterocycles. The Kier molecular flexibility index (Phi) is 8.04. The second-order valence-electron chi connectivity index (χ2n) is 15.8. The van der Waals surface area contributed by atoms with Crippen LogP contribution in [0.1, 0.15) is 5.69 Å². The fourth-order valence-electron chi connectivity index (χ4n) is 9.51. The lowest BCUT2D eigenvalue weighted by molar-refractivity contribution is 1.19. The Balaban J connectivity index is 1.10. The summed E-state index contributed by atoms with van der Waals surface area (Å²) in [4.78, 5) is 15.2. The molecule has 0 spiro atoms. The van der Waals surface area contributed by atoms with Crippen molar-refractivity contribution in [2.45, 2.75) is 6.92 Å². The first-order valence-electron chi connectivity index (χ1n) is 20.8. The molecule has 0 aliphatic rings. The minimum Gasteiger partial charge on any atom is -0.310 e. The Morgan fingerprint density at radius 2 is 0.705 bits per heavy atom. The van der Waals surface area contributed by atoms with E-state index in [-0.39, 0.29) is 0 Å². The summed E-state index contributed by atoms with van der Waals surface area (Å²) < 4.78 is 0. The van der Waals surface area contributed by atoms with E-state index < -0.39 is 0 Å². The number of fused-ring (bicyclic) bond motifs is 12. The fourth-order valence-corrected chi connectivity index (χ4v) is 9.51. The van der Waals surface area contributed by atoms with Crippen molar-refractivity contribution in [3.8, 4) is 0 Å². The summed E-state index contributed by atoms with van der Waals surface area (Å²) in [6.07, 6.45) is 1.90. The van der Waals surface area contributed by atoms with Crippen LogP contribution in [0.4, 0.5) is 34.1 Å². The predicted octanol–water partition coefficient (Wildman–Crippen LogP) is 15.8. The van der Waals surface area contributed by atoms with Gasteiger partial charge in [-0.15, -0.1) is 0 Å². The average molecular weight is 779 g/mol. The molecule has 1 aromatic heterocycles. The minimum atomic E-state index is 0.878. The number of aryl methyl sites for hydroxylation is 1. The molecular weight excluding hydrogens is 741 g/mol. The zero-order valence-electron chi connectivity index (χ0n) is 33.5. The summed E-state index contributed by atoms with van der Waals surface area (Å²) in [5.41, 5.74) is 9.17. The predicted molar refractivity (Wildman–Crippen MR) is 259 cm³/mol. The van der Waals surface area contributed by atoms with Crippen molar-refractivity contribution < 1.29 is 0 Å². The zero-order chi connectivity index (χ0) is 40.4. The molecule has 61 heavy (non-hydrogen) atoms. The van der Waals surface area contributed by atoms with Crippen molar-refractivity contribution in [3.63, 3.8) is 0 Å². The summed E-state index contributed by atoms with van der Waals surface area (Å²) >= 11 is 0. The first-order chi connectivity index (χ1) is 30.2. The Hall–Kier alpha value is -8.08. The molecule has 4 heteroatoms. The third-order valence-electron chi connectivity index (χ3n) is 12.2. The average Bonchev–Trinajstić information content (AvgIpc) is 3.32. The maximum atomic E-state index is 5.26. The molecule has 0 unspecified atom stereocenters. The lowest BCUT2D eigenvalue weighted by Crippen LogP contribution is -2.11. The fraction of sp³-hybridized carbons (Fsp3) is 0.0175. The molecule has 286 valence electrons. The Bertz CT molecular complexity index is 3680. The van der Waals surface area contributed by atoms with E-state index in [0.717, 1.165) is 72.4 Å². The van der Waals surface area contributed by atoms with Gasteiger partial charge in [-0.05, 0) is 111 Å². The van der Waals surface area contributed by atoms with Gasteiger partial charge in [0.15, 0.2) is 0 Å². The molecule has 0 atom stereocenters. The minimum absolute atomic E-state index is 0.878. The van der Waals surface area contributed by atoms with Crippen LogP contribution in [0.25, 0.3) is 75.7 Å². The van der Waals surface area contributed by atoms with Crippen LogP contribution < -0.4 is 9.80 Å². The molecule has 4 nitrogen and oxygen atoms in total. The Morgan fingerprint density at radius 3 is 1.20 bits per heavy atom. The van der Waals surface area contributed by atoms with Crippen molar-refractivity contribution in [2.75, 3.05) is 9.80 Å². The number of hydrogen-bond acceptors (Lipinski definition) is 4. The number of anilines is 6. The molecule has 12 rings (SSSR count). The molecule has 11 aromatic carbocycles. The van der Waals surface area contributed by atoms with Crippen LogP contribution in [0.2, 0.25) is 0 Å². The van der Waals surface area contributed by atoms with E-state index in [2.05, 4.69) is 216 Å². The van der Waals surface area contributed by atoms with Crippen LogP contribution in [-0.2, 0) is 0 Å². The van der Waals surface area contributed by atoms with Gasteiger partial charge in [0.2, 0.25) is 0 Å². The van der Waals surface area contributed by atoms with E-state index in [0.29, 0.717) is 0 Å². The van der Waals surface area contributed by atoms with Crippen LogP contribution in [0.3, 0.4) is 0 Å². The van der Waals surface area contributed by atoms with E-state index in [4.69, 9.17) is 9.97 Å². The molecule has 0 saturated carbocycles. The summed E-state index contributed by atoms with van der Waals surface area (Å²) in [7, 11) is 0. The van der Waals surface area contributed by atoms with E-state index >= 15 is 0 Å². The van der Waals surface area contributed by atoms with E-state index in [1.807, 2.05) is 13.1 Å². The highest BCUT2D eigenvalue weighted by Crippen LogP contribution is 2.46. The van der Waals surface area contributed by atoms with Gasteiger partial charge in [0.25, 0.3) is 0 Å². The van der Waals surface area contributed by atoms with E-state index in [1.165, 1.54) is 43.1 Å². The van der Waals surface area contributed by atoms with Gasteiger partial charge in [-0.25, -0.2) is 4.98 Å². The number of benzene rings is 11. The van der Waals surface area contributed by atoms with E-state index in [9.17, 15) is 0 Å². The molecule has 0 fully saturated rings. The quantitative estimate of drug-likeness (QED) is 0.157. The van der Waals surface area contributed by atoms with Crippen LogP contribution >= 0.6 is 0 Å².